The summed E-state index contributed by atoms with van der Waals surface area (Å²) in [4.78, 5) is 13.2. The molecule has 0 heterocycles. The van der Waals surface area contributed by atoms with E-state index in [0.29, 0.717) is 10.7 Å². The van der Waals surface area contributed by atoms with E-state index in [-0.39, 0.29) is 5.92 Å². The molecule has 0 amide bonds. The van der Waals surface area contributed by atoms with Crippen molar-refractivity contribution in [1.82, 2.24) is 5.32 Å². The van der Waals surface area contributed by atoms with Gasteiger partial charge in [0.05, 0.1) is 4.99 Å². The lowest BCUT2D eigenvalue weighted by Gasteiger charge is -2.29. The van der Waals surface area contributed by atoms with Crippen LogP contribution in [0.15, 0.2) is 24.3 Å². The number of carboxylic acids is 1. The molecule has 1 unspecified atom stereocenters. The van der Waals surface area contributed by atoms with Crippen molar-refractivity contribution < 1.29 is 9.90 Å². The van der Waals surface area contributed by atoms with Crippen LogP contribution in [0.3, 0.4) is 0 Å². The van der Waals surface area contributed by atoms with Gasteiger partial charge in [0, 0.05) is 31.5 Å². The fourth-order valence-electron chi connectivity index (χ4n) is 1.81. The minimum absolute atomic E-state index is 0.170. The molecule has 0 aliphatic carbocycles. The van der Waals surface area contributed by atoms with Gasteiger partial charge in [0.1, 0.15) is 0 Å². The number of nitrogens with one attached hydrogen (secondary N) is 1. The Labute approximate surface area is 148 Å². The summed E-state index contributed by atoms with van der Waals surface area (Å²) in [5.41, 5.74) is 2.21. The molecule has 0 aromatic heterocycles. The van der Waals surface area contributed by atoms with E-state index in [2.05, 4.69) is 5.32 Å². The molecule has 0 radical (unpaired) electrons. The van der Waals surface area contributed by atoms with E-state index in [4.69, 9.17) is 12.2 Å². The number of carbonyl (C=O) groups is 1. The highest BCUT2D eigenvalue weighted by Crippen LogP contribution is 2.28. The SMILES string of the molecule is CCC(C)C(=S)N[C@@](C)(SCc1ccc(N(C)C)cc1)C(=O)O. The number of rotatable bonds is 8. The third-order valence-corrected chi connectivity index (χ3v) is 5.65. The van der Waals surface area contributed by atoms with E-state index in [0.717, 1.165) is 17.7 Å². The zero-order chi connectivity index (χ0) is 17.6. The zero-order valence-electron chi connectivity index (χ0n) is 14.4. The Bertz CT molecular complexity index is 546. The number of nitrogens with zero attached hydrogens (tertiary/aromatic N) is 1. The number of thiocarbonyl (C=S) groups is 1. The Morgan fingerprint density at radius 1 is 1.39 bits per heavy atom. The first-order valence-electron chi connectivity index (χ1n) is 7.65. The third-order valence-electron chi connectivity index (χ3n) is 3.81. The molecule has 23 heavy (non-hydrogen) atoms. The van der Waals surface area contributed by atoms with Gasteiger partial charge in [-0.15, -0.1) is 11.8 Å². The van der Waals surface area contributed by atoms with Crippen molar-refractivity contribution in [2.45, 2.75) is 37.8 Å². The molecule has 0 saturated carbocycles. The first-order valence-corrected chi connectivity index (χ1v) is 9.04. The third kappa shape index (κ3) is 5.70. The van der Waals surface area contributed by atoms with E-state index >= 15 is 0 Å². The second-order valence-corrected chi connectivity index (χ2v) is 7.82. The van der Waals surface area contributed by atoms with Crippen molar-refractivity contribution in [1.29, 1.82) is 0 Å². The largest absolute Gasteiger partial charge is 0.479 e. The molecule has 128 valence electrons. The summed E-state index contributed by atoms with van der Waals surface area (Å²) >= 11 is 6.67. The molecule has 2 atom stereocenters. The average molecular weight is 355 g/mol. The lowest BCUT2D eigenvalue weighted by Crippen LogP contribution is -2.50. The average Bonchev–Trinajstić information content (AvgIpc) is 2.52. The fraction of sp³-hybridized carbons (Fsp3) is 0.529. The Hall–Kier alpha value is -1.27. The van der Waals surface area contributed by atoms with E-state index in [1.807, 2.05) is 57.1 Å². The van der Waals surface area contributed by atoms with Crippen molar-refractivity contribution in [3.05, 3.63) is 29.8 Å². The van der Waals surface area contributed by atoms with Crippen molar-refractivity contribution in [3.8, 4) is 0 Å². The van der Waals surface area contributed by atoms with Crippen molar-refractivity contribution in [3.63, 3.8) is 0 Å². The molecule has 4 nitrogen and oxygen atoms in total. The highest BCUT2D eigenvalue weighted by Gasteiger charge is 2.35. The minimum Gasteiger partial charge on any atom is -0.479 e. The highest BCUT2D eigenvalue weighted by atomic mass is 32.2. The van der Waals surface area contributed by atoms with Crippen LogP contribution in [0.2, 0.25) is 0 Å². The number of carboxylic acid groups (broad SMARTS) is 1. The quantitative estimate of drug-likeness (QED) is 0.548. The molecule has 0 fully saturated rings. The van der Waals surface area contributed by atoms with E-state index in [9.17, 15) is 9.90 Å². The maximum absolute atomic E-state index is 11.7. The summed E-state index contributed by atoms with van der Waals surface area (Å²) in [7, 11) is 3.98. The van der Waals surface area contributed by atoms with Crippen LogP contribution in [-0.4, -0.2) is 35.0 Å². The second kappa shape index (κ2) is 8.55. The summed E-state index contributed by atoms with van der Waals surface area (Å²) < 4.78 is 0. The van der Waals surface area contributed by atoms with Gasteiger partial charge < -0.3 is 15.3 Å². The molecule has 0 aliphatic rings. The first-order chi connectivity index (χ1) is 10.7. The molecule has 0 aliphatic heterocycles. The van der Waals surface area contributed by atoms with Crippen LogP contribution in [0.5, 0.6) is 0 Å². The Balaban J connectivity index is 2.76. The number of hydrogen-bond donors (Lipinski definition) is 2. The normalized spacial score (nSPS) is 14.7. The molecule has 1 aromatic carbocycles. The van der Waals surface area contributed by atoms with Gasteiger partial charge in [-0.25, -0.2) is 4.79 Å². The highest BCUT2D eigenvalue weighted by molar-refractivity contribution is 8.00. The van der Waals surface area contributed by atoms with Gasteiger partial charge >= 0.3 is 5.97 Å². The van der Waals surface area contributed by atoms with Crippen LogP contribution in [0.25, 0.3) is 0 Å². The lowest BCUT2D eigenvalue weighted by atomic mass is 10.1. The lowest BCUT2D eigenvalue weighted by molar-refractivity contribution is -0.139. The van der Waals surface area contributed by atoms with E-state index in [1.165, 1.54) is 11.8 Å². The Morgan fingerprint density at radius 3 is 2.39 bits per heavy atom. The van der Waals surface area contributed by atoms with Gasteiger partial charge in [-0.2, -0.15) is 0 Å². The van der Waals surface area contributed by atoms with Crippen molar-refractivity contribution >= 4 is 40.6 Å². The van der Waals surface area contributed by atoms with Gasteiger partial charge in [0.15, 0.2) is 4.87 Å². The van der Waals surface area contributed by atoms with Crippen LogP contribution in [0.1, 0.15) is 32.8 Å². The van der Waals surface area contributed by atoms with Gasteiger partial charge in [-0.1, -0.05) is 38.2 Å². The molecule has 0 bridgehead atoms. The molecular formula is C17H26N2O2S2. The molecule has 0 spiro atoms. The second-order valence-electron chi connectivity index (χ2n) is 5.99. The van der Waals surface area contributed by atoms with Crippen LogP contribution in [0.4, 0.5) is 5.69 Å². The van der Waals surface area contributed by atoms with Crippen LogP contribution < -0.4 is 10.2 Å². The molecule has 2 N–H and O–H groups in total. The molecular weight excluding hydrogens is 328 g/mol. The summed E-state index contributed by atoms with van der Waals surface area (Å²) in [5.74, 6) is -0.131. The summed E-state index contributed by atoms with van der Waals surface area (Å²) in [6, 6.07) is 8.12. The Morgan fingerprint density at radius 2 is 1.96 bits per heavy atom. The molecule has 1 rings (SSSR count). The van der Waals surface area contributed by atoms with Gasteiger partial charge in [-0.3, -0.25) is 0 Å². The summed E-state index contributed by atoms with van der Waals surface area (Å²) in [5, 5.41) is 12.6. The smallest absolute Gasteiger partial charge is 0.339 e. The van der Waals surface area contributed by atoms with Crippen LogP contribution in [-0.2, 0) is 10.5 Å². The molecule has 6 heteroatoms. The van der Waals surface area contributed by atoms with Gasteiger partial charge in [0.25, 0.3) is 0 Å². The summed E-state index contributed by atoms with van der Waals surface area (Å²) in [6.45, 7) is 5.71. The predicted octanol–water partition coefficient (Wildman–Crippen LogP) is 3.75. The van der Waals surface area contributed by atoms with Gasteiger partial charge in [-0.05, 0) is 31.0 Å². The number of aliphatic carboxylic acids is 1. The van der Waals surface area contributed by atoms with Crippen molar-refractivity contribution in [2.24, 2.45) is 5.92 Å². The standard InChI is InChI=1S/C17H26N2O2S2/c1-6-12(2)15(22)18-17(3,16(20)21)23-11-13-7-9-14(10-8-13)19(4)5/h7-10,12H,6,11H2,1-5H3,(H,18,22)(H,20,21)/t12?,17-/m0/s1. The van der Waals surface area contributed by atoms with Crippen LogP contribution >= 0.6 is 24.0 Å². The van der Waals surface area contributed by atoms with Crippen LogP contribution in [0, 0.1) is 5.92 Å². The number of thioether (sulfide) groups is 1. The van der Waals surface area contributed by atoms with Crippen molar-refractivity contribution in [2.75, 3.05) is 19.0 Å². The first kappa shape index (κ1) is 19.8. The summed E-state index contributed by atoms with van der Waals surface area (Å²) in [6.07, 6.45) is 0.887. The minimum atomic E-state index is -1.12. The monoisotopic (exact) mass is 354 g/mol. The van der Waals surface area contributed by atoms with Gasteiger partial charge in [0.2, 0.25) is 0 Å². The number of anilines is 1. The molecule has 0 saturated heterocycles. The maximum Gasteiger partial charge on any atom is 0.339 e. The van der Waals surface area contributed by atoms with E-state index < -0.39 is 10.8 Å². The molecule has 1 aromatic rings. The predicted molar refractivity (Wildman–Crippen MR) is 103 cm³/mol. The number of benzene rings is 1. The fourth-order valence-corrected chi connectivity index (χ4v) is 3.20. The van der Waals surface area contributed by atoms with E-state index in [1.54, 1.807) is 6.92 Å². The topological polar surface area (TPSA) is 52.6 Å². The zero-order valence-corrected chi connectivity index (χ0v) is 16.1. The Kier molecular flexibility index (Phi) is 7.35. The number of hydrogen-bond acceptors (Lipinski definition) is 4. The maximum atomic E-state index is 11.7.